The van der Waals surface area contributed by atoms with E-state index in [0.717, 1.165) is 6.54 Å². The number of hydrogen-bond donors (Lipinski definition) is 1. The lowest BCUT2D eigenvalue weighted by atomic mass is 9.73. The van der Waals surface area contributed by atoms with Gasteiger partial charge in [0.1, 0.15) is 41.1 Å². The maximum atomic E-state index is 11.4. The molecule has 0 radical (unpaired) electrons. The molecule has 9 heteroatoms. The summed E-state index contributed by atoms with van der Waals surface area (Å²) in [6.07, 6.45) is 2.80. The fourth-order valence-electron chi connectivity index (χ4n) is 4.73. The maximum Gasteiger partial charge on any atom is 0.298 e. The Labute approximate surface area is 256 Å². The minimum Gasteiger partial charge on any atom is -0.397 e. The lowest BCUT2D eigenvalue weighted by Gasteiger charge is -2.30. The van der Waals surface area contributed by atoms with Gasteiger partial charge in [-0.3, -0.25) is 19.3 Å². The molecule has 9 nitrogen and oxygen atoms in total. The van der Waals surface area contributed by atoms with Gasteiger partial charge in [-0.25, -0.2) is 6.57 Å². The molecule has 42 heavy (non-hydrogen) atoms. The van der Waals surface area contributed by atoms with Gasteiger partial charge in [-0.1, -0.05) is 42.0 Å². The summed E-state index contributed by atoms with van der Waals surface area (Å²) in [6.45, 7) is 28.1. The smallest absolute Gasteiger partial charge is 0.298 e. The van der Waals surface area contributed by atoms with Crippen molar-refractivity contribution in [2.75, 3.05) is 19.7 Å². The molecule has 2 fully saturated rings. The normalized spacial score (nSPS) is 16.0. The quantitative estimate of drug-likeness (QED) is 0.168. The van der Waals surface area contributed by atoms with E-state index in [0.29, 0.717) is 43.3 Å². The van der Waals surface area contributed by atoms with Gasteiger partial charge in [0, 0.05) is 44.4 Å². The Morgan fingerprint density at radius 3 is 1.40 bits per heavy atom. The third-order valence-electron chi connectivity index (χ3n) is 5.94. The molecule has 0 unspecified atom stereocenters. The number of rotatable bonds is 3. The van der Waals surface area contributed by atoms with E-state index in [4.69, 9.17) is 27.5 Å². The molecule has 0 atom stereocenters. The molecule has 2 saturated carbocycles. The van der Waals surface area contributed by atoms with Crippen molar-refractivity contribution in [1.29, 1.82) is 15.8 Å². The van der Waals surface area contributed by atoms with Crippen LogP contribution in [0, 0.1) is 51.4 Å². The number of nitriles is 3. The van der Waals surface area contributed by atoms with Crippen LogP contribution in [-0.2, 0) is 14.4 Å². The lowest BCUT2D eigenvalue weighted by Crippen LogP contribution is -2.36. The Balaban J connectivity index is -0.000000231. The van der Waals surface area contributed by atoms with E-state index in [1.54, 1.807) is 13.0 Å². The Kier molecular flexibility index (Phi) is 26.3. The second-order valence-electron chi connectivity index (χ2n) is 12.0. The van der Waals surface area contributed by atoms with Crippen LogP contribution in [0.25, 0.3) is 4.85 Å². The summed E-state index contributed by atoms with van der Waals surface area (Å²) in [4.78, 5) is 38.3. The molecular formula is C33H55N5O4. The van der Waals surface area contributed by atoms with E-state index in [9.17, 15) is 14.4 Å². The van der Waals surface area contributed by atoms with Crippen LogP contribution in [0.4, 0.5) is 0 Å². The van der Waals surface area contributed by atoms with E-state index < -0.39 is 0 Å². The number of carbonyl (C=O) groups excluding carboxylic acids is 3. The van der Waals surface area contributed by atoms with Gasteiger partial charge in [-0.05, 0) is 64.0 Å². The molecule has 0 aliphatic heterocycles. The largest absolute Gasteiger partial charge is 0.397 e. The van der Waals surface area contributed by atoms with Gasteiger partial charge < -0.3 is 9.95 Å². The van der Waals surface area contributed by atoms with Crippen LogP contribution in [-0.4, -0.2) is 59.1 Å². The van der Waals surface area contributed by atoms with Crippen LogP contribution >= 0.6 is 0 Å². The van der Waals surface area contributed by atoms with Crippen molar-refractivity contribution in [3.05, 3.63) is 22.6 Å². The molecule has 2 aliphatic carbocycles. The van der Waals surface area contributed by atoms with E-state index in [-0.39, 0.29) is 67.2 Å². The SMILES string of the molecule is C.CC1(C)CC(=O)CC(=C(C#N)C#N)C1.CC1(C)CC(=O)CC(=O)C1.CCN(C(C)C)C(C)C.CCO.[C-]#[N+]CC#N. The number of allylic oxidation sites excluding steroid dienone is 2. The highest BCUT2D eigenvalue weighted by molar-refractivity contribution is 6.02. The molecule has 0 spiro atoms. The molecule has 0 aromatic rings. The third-order valence-corrected chi connectivity index (χ3v) is 5.94. The summed E-state index contributed by atoms with van der Waals surface area (Å²) >= 11 is 0. The lowest BCUT2D eigenvalue weighted by molar-refractivity contribution is -0.133. The number of Topliss-reactive ketones (excluding diaryl/α,β-unsaturated/α-hetero) is 3. The van der Waals surface area contributed by atoms with Gasteiger partial charge in [0.15, 0.2) is 0 Å². The zero-order valence-electron chi connectivity index (χ0n) is 26.9. The minimum atomic E-state index is -0.108. The van der Waals surface area contributed by atoms with E-state index in [1.165, 1.54) is 0 Å². The van der Waals surface area contributed by atoms with Crippen LogP contribution in [0.2, 0.25) is 0 Å². The Bertz CT molecular complexity index is 975. The van der Waals surface area contributed by atoms with Crippen LogP contribution in [0.1, 0.15) is 115 Å². The molecule has 0 aromatic heterocycles. The molecule has 2 rings (SSSR count). The number of aliphatic hydroxyl groups is 1. The maximum absolute atomic E-state index is 11.4. The van der Waals surface area contributed by atoms with Crippen LogP contribution in [0.15, 0.2) is 11.1 Å². The fourth-order valence-corrected chi connectivity index (χ4v) is 4.73. The van der Waals surface area contributed by atoms with Gasteiger partial charge in [-0.15, -0.1) is 0 Å². The first-order chi connectivity index (χ1) is 18.9. The monoisotopic (exact) mass is 585 g/mol. The number of ketones is 3. The molecule has 2 aliphatic rings. The zero-order chi connectivity index (χ0) is 32.8. The van der Waals surface area contributed by atoms with Gasteiger partial charge in [0.05, 0.1) is 6.42 Å². The number of aliphatic hydroxyl groups excluding tert-OH is 1. The standard InChI is InChI=1S/C11H12N2O.C8H19N.C8H12O2.C3H2N2.C2H6O.CH4/c1-11(2)4-8(3-10(14)5-11)9(6-12)7-13;1-6-9(7(2)3)8(4)5;1-8(2)4-6(9)3-7(10)5-8;1-5-3-2-4;1-2-3;/h3-5H2,1-2H3;7-8H,6H2,1-5H3;3-5H2,1-2H3;3H2;3H,2H2,1H3;1H4. The van der Waals surface area contributed by atoms with Crippen molar-refractivity contribution in [3.63, 3.8) is 0 Å². The summed E-state index contributed by atoms with van der Waals surface area (Å²) in [7, 11) is 0. The van der Waals surface area contributed by atoms with Crippen molar-refractivity contribution in [1.82, 2.24) is 4.90 Å². The first-order valence-corrected chi connectivity index (χ1v) is 14.0. The second-order valence-corrected chi connectivity index (χ2v) is 12.0. The summed E-state index contributed by atoms with van der Waals surface area (Å²) in [5.74, 6) is 0.321. The predicted molar refractivity (Wildman–Crippen MR) is 168 cm³/mol. The van der Waals surface area contributed by atoms with Crippen molar-refractivity contribution in [3.8, 4) is 18.2 Å². The molecule has 0 aromatic carbocycles. The predicted octanol–water partition coefficient (Wildman–Crippen LogP) is 6.63. The van der Waals surface area contributed by atoms with Crippen molar-refractivity contribution >= 4 is 17.3 Å². The van der Waals surface area contributed by atoms with E-state index in [1.807, 2.05) is 39.8 Å². The van der Waals surface area contributed by atoms with Crippen LogP contribution < -0.4 is 0 Å². The second kappa shape index (κ2) is 24.2. The first kappa shape index (κ1) is 45.6. The summed E-state index contributed by atoms with van der Waals surface area (Å²) in [6, 6.07) is 6.73. The Morgan fingerprint density at radius 1 is 0.857 bits per heavy atom. The van der Waals surface area contributed by atoms with Gasteiger partial charge in [-0.2, -0.15) is 15.8 Å². The third kappa shape index (κ3) is 23.3. The van der Waals surface area contributed by atoms with Gasteiger partial charge in [0.25, 0.3) is 6.54 Å². The topological polar surface area (TPSA) is 150 Å². The number of nitrogens with zero attached hydrogens (tertiary/aromatic N) is 5. The first-order valence-electron chi connectivity index (χ1n) is 14.0. The van der Waals surface area contributed by atoms with E-state index in [2.05, 4.69) is 44.4 Å². The molecule has 236 valence electrons. The molecular weight excluding hydrogens is 530 g/mol. The average molecular weight is 586 g/mol. The minimum absolute atomic E-state index is 0. The number of hydrogen-bond acceptors (Lipinski definition) is 8. The highest BCUT2D eigenvalue weighted by Gasteiger charge is 2.31. The molecule has 0 saturated heterocycles. The van der Waals surface area contributed by atoms with Crippen LogP contribution in [0.5, 0.6) is 0 Å². The Morgan fingerprint density at radius 2 is 1.21 bits per heavy atom. The van der Waals surface area contributed by atoms with Crippen LogP contribution in [0.3, 0.4) is 0 Å². The molecule has 1 N–H and O–H groups in total. The van der Waals surface area contributed by atoms with Crippen molar-refractivity contribution in [2.24, 2.45) is 10.8 Å². The highest BCUT2D eigenvalue weighted by Crippen LogP contribution is 2.37. The van der Waals surface area contributed by atoms with Crippen molar-refractivity contribution < 1.29 is 19.5 Å². The van der Waals surface area contributed by atoms with E-state index >= 15 is 0 Å². The highest BCUT2D eigenvalue weighted by atomic mass is 16.2. The molecule has 0 heterocycles. The van der Waals surface area contributed by atoms with Gasteiger partial charge >= 0.3 is 0 Å². The molecule has 0 bridgehead atoms. The zero-order valence-corrected chi connectivity index (χ0v) is 26.9. The summed E-state index contributed by atoms with van der Waals surface area (Å²) in [5, 5.41) is 32.6. The molecule has 0 amide bonds. The van der Waals surface area contributed by atoms with Gasteiger partial charge in [0.2, 0.25) is 0 Å². The van der Waals surface area contributed by atoms with Crippen molar-refractivity contribution in [2.45, 2.75) is 127 Å². The Hall–Kier alpha value is -3.37. The summed E-state index contributed by atoms with van der Waals surface area (Å²) in [5.41, 5.74) is 0.637. The number of carbonyl (C=O) groups is 3. The average Bonchev–Trinajstić information content (AvgIpc) is 2.79. The fraction of sp³-hybridized carbons (Fsp3) is 0.727. The summed E-state index contributed by atoms with van der Waals surface area (Å²) < 4.78 is 0.